The highest BCUT2D eigenvalue weighted by molar-refractivity contribution is 5.77. The van der Waals surface area contributed by atoms with Crippen molar-refractivity contribution in [2.24, 2.45) is 11.8 Å². The molecule has 1 aliphatic rings. The number of hydrogen-bond acceptors (Lipinski definition) is 14. The second-order valence-electron chi connectivity index (χ2n) is 13.0. The van der Waals surface area contributed by atoms with Gasteiger partial charge in [-0.1, -0.05) is 24.3 Å². The Morgan fingerprint density at radius 1 is 0.982 bits per heavy atom. The van der Waals surface area contributed by atoms with Crippen molar-refractivity contribution in [3.63, 3.8) is 0 Å². The van der Waals surface area contributed by atoms with Gasteiger partial charge in [-0.05, 0) is 76.1 Å². The topological polar surface area (TPSA) is 236 Å². The molecule has 1 saturated carbocycles. The number of halogens is 3. The van der Waals surface area contributed by atoms with Crippen LogP contribution in [0.15, 0.2) is 48.6 Å². The van der Waals surface area contributed by atoms with E-state index in [9.17, 15) is 58.0 Å². The van der Waals surface area contributed by atoms with Gasteiger partial charge >= 0.3 is 18.1 Å². The van der Waals surface area contributed by atoms with Gasteiger partial charge in [-0.15, -0.1) is 20.2 Å². The predicted octanol–water partition coefficient (Wildman–Crippen LogP) is 4.44. The Balaban J connectivity index is 2.01. The van der Waals surface area contributed by atoms with Gasteiger partial charge in [0.1, 0.15) is 25.1 Å². The van der Waals surface area contributed by atoms with Crippen LogP contribution in [0.5, 0.6) is 5.75 Å². The van der Waals surface area contributed by atoms with E-state index in [1.807, 2.05) is 12.2 Å². The fraction of sp³-hybridized carbons (Fsp3) is 0.629. The van der Waals surface area contributed by atoms with Crippen LogP contribution >= 0.6 is 0 Å². The molecule has 0 aromatic heterocycles. The van der Waals surface area contributed by atoms with Crippen LogP contribution in [-0.2, 0) is 39.7 Å². The normalized spacial score (nSPS) is 19.6. The highest BCUT2D eigenvalue weighted by Gasteiger charge is 2.39. The molecule has 1 unspecified atom stereocenters. The fourth-order valence-electron chi connectivity index (χ4n) is 5.63. The van der Waals surface area contributed by atoms with Gasteiger partial charge < -0.3 is 39.4 Å². The average Bonchev–Trinajstić information content (AvgIpc) is 3.36. The zero-order chi connectivity index (χ0) is 41.0. The first-order valence-electron chi connectivity index (χ1n) is 17.7. The Kier molecular flexibility index (Phi) is 19.9. The molecule has 3 N–H and O–H groups in total. The molecule has 1 fully saturated rings. The van der Waals surface area contributed by atoms with E-state index < -0.39 is 83.3 Å². The van der Waals surface area contributed by atoms with Gasteiger partial charge in [0, 0.05) is 31.7 Å². The van der Waals surface area contributed by atoms with Crippen molar-refractivity contribution in [2.75, 3.05) is 19.8 Å². The molecule has 1 aromatic rings. The van der Waals surface area contributed by atoms with E-state index in [1.54, 1.807) is 19.9 Å². The van der Waals surface area contributed by atoms with Crippen molar-refractivity contribution >= 4 is 17.8 Å². The van der Waals surface area contributed by atoms with Crippen LogP contribution in [0.3, 0.4) is 0 Å². The standard InChI is InChI=1S/C35H48F3N3O14/c1-23(2)53-33(45)14-6-4-3-5-12-28-29(31(43)20-30(28)42)16-15-26(21-51-25-10-7-9-24(19-25)35(36,37)38)54-34(46)17-18-39-32(44)13-8-11-27(55-41(49)50)22-52-40(47)48/h3,5,7,9-10,15-16,19,23,26-31,42-43H,4,6,8,11-14,17-18,20-22H2,1-2H3,(H,39,44)/b5-3-,16-15+/t26-,27?,28-,29-,30+,31-/m1/s1. The molecule has 0 radical (unpaired) electrons. The zero-order valence-corrected chi connectivity index (χ0v) is 30.5. The molecule has 0 bridgehead atoms. The number of alkyl halides is 3. The average molecular weight is 792 g/mol. The van der Waals surface area contributed by atoms with Crippen LogP contribution in [0.4, 0.5) is 13.2 Å². The van der Waals surface area contributed by atoms with E-state index in [0.717, 1.165) is 18.2 Å². The van der Waals surface area contributed by atoms with E-state index in [1.165, 1.54) is 12.1 Å². The Morgan fingerprint density at radius 3 is 2.38 bits per heavy atom. The molecule has 2 rings (SSSR count). The maximum Gasteiger partial charge on any atom is 0.416 e. The first-order valence-corrected chi connectivity index (χ1v) is 17.7. The van der Waals surface area contributed by atoms with Crippen LogP contribution in [-0.4, -0.2) is 88.5 Å². The minimum atomic E-state index is -4.63. The summed E-state index contributed by atoms with van der Waals surface area (Å²) in [5, 5.41) is 42.5. The lowest BCUT2D eigenvalue weighted by Crippen LogP contribution is -2.29. The molecule has 6 atom stereocenters. The number of ether oxygens (including phenoxy) is 3. The fourth-order valence-corrected chi connectivity index (χ4v) is 5.63. The number of nitrogens with one attached hydrogen (secondary N) is 1. The van der Waals surface area contributed by atoms with Crippen LogP contribution < -0.4 is 10.1 Å². The molecular formula is C35H48F3N3O14. The summed E-state index contributed by atoms with van der Waals surface area (Å²) in [6.07, 6.45) is -1.14. The summed E-state index contributed by atoms with van der Waals surface area (Å²) in [6, 6.07) is 4.09. The highest BCUT2D eigenvalue weighted by Crippen LogP contribution is 2.36. The Bertz CT molecular complexity index is 1460. The molecule has 1 amide bonds. The van der Waals surface area contributed by atoms with E-state index in [2.05, 4.69) is 15.0 Å². The van der Waals surface area contributed by atoms with Gasteiger partial charge in [-0.2, -0.15) is 13.2 Å². The van der Waals surface area contributed by atoms with Crippen LogP contribution in [0.2, 0.25) is 0 Å². The van der Waals surface area contributed by atoms with Gasteiger partial charge in [0.25, 0.3) is 10.2 Å². The number of amides is 1. The van der Waals surface area contributed by atoms with Crippen molar-refractivity contribution in [1.82, 2.24) is 5.32 Å². The number of rotatable bonds is 25. The first-order chi connectivity index (χ1) is 25.9. The zero-order valence-electron chi connectivity index (χ0n) is 30.5. The third kappa shape index (κ3) is 19.3. The number of esters is 2. The van der Waals surface area contributed by atoms with Crippen molar-refractivity contribution in [1.29, 1.82) is 0 Å². The summed E-state index contributed by atoms with van der Waals surface area (Å²) in [5.41, 5.74) is -0.954. The van der Waals surface area contributed by atoms with E-state index in [4.69, 9.17) is 14.2 Å². The third-order valence-electron chi connectivity index (χ3n) is 8.20. The predicted molar refractivity (Wildman–Crippen MR) is 185 cm³/mol. The first kappa shape index (κ1) is 46.2. The van der Waals surface area contributed by atoms with Gasteiger partial charge in [0.05, 0.1) is 30.3 Å². The van der Waals surface area contributed by atoms with Gasteiger partial charge in [-0.25, -0.2) is 0 Å². The Labute approximate surface area is 315 Å². The molecule has 0 aliphatic heterocycles. The third-order valence-corrected chi connectivity index (χ3v) is 8.20. The second kappa shape index (κ2) is 23.7. The van der Waals surface area contributed by atoms with Crippen LogP contribution in [0.1, 0.15) is 77.2 Å². The van der Waals surface area contributed by atoms with Crippen LogP contribution in [0.25, 0.3) is 0 Å². The number of carbonyl (C=O) groups excluding carboxylic acids is 3. The van der Waals surface area contributed by atoms with Crippen molar-refractivity contribution in [3.8, 4) is 5.75 Å². The lowest BCUT2D eigenvalue weighted by molar-refractivity contribution is -0.790. The summed E-state index contributed by atoms with van der Waals surface area (Å²) in [5.74, 6) is -2.82. The van der Waals surface area contributed by atoms with Gasteiger partial charge in [-0.3, -0.25) is 14.4 Å². The Hall–Kier alpha value is -4.98. The molecule has 308 valence electrons. The molecule has 55 heavy (non-hydrogen) atoms. The summed E-state index contributed by atoms with van der Waals surface area (Å²) in [7, 11) is 0. The largest absolute Gasteiger partial charge is 0.489 e. The molecular weight excluding hydrogens is 743 g/mol. The summed E-state index contributed by atoms with van der Waals surface area (Å²) in [4.78, 5) is 66.1. The summed E-state index contributed by atoms with van der Waals surface area (Å²) < 4.78 is 55.9. The maximum atomic E-state index is 13.3. The lowest BCUT2D eigenvalue weighted by atomic mass is 9.89. The lowest BCUT2D eigenvalue weighted by Gasteiger charge is -2.21. The quantitative estimate of drug-likeness (QED) is 0.0408. The number of hydrogen-bond donors (Lipinski definition) is 3. The SMILES string of the molecule is CC(C)OC(=O)CCC/C=C\C[C@@H]1[C@@H](/C=C/[C@H](COc2cccc(C(F)(F)F)c2)OC(=O)CCNC(=O)CCCC(CO[N+](=O)[O-])O[N+](=O)[O-])[C@H](O)C[C@@H]1O. The molecule has 1 aromatic carbocycles. The van der Waals surface area contributed by atoms with E-state index in [0.29, 0.717) is 19.3 Å². The second-order valence-corrected chi connectivity index (χ2v) is 13.0. The Morgan fingerprint density at radius 2 is 1.71 bits per heavy atom. The number of aliphatic hydroxyl groups is 2. The number of aliphatic hydroxyl groups excluding tert-OH is 2. The van der Waals surface area contributed by atoms with E-state index in [-0.39, 0.29) is 62.9 Å². The molecule has 0 heterocycles. The summed E-state index contributed by atoms with van der Waals surface area (Å²) >= 11 is 0. The van der Waals surface area contributed by atoms with Crippen molar-refractivity contribution < 1.29 is 71.8 Å². The number of carbonyl (C=O) groups is 3. The number of benzene rings is 1. The van der Waals surface area contributed by atoms with Crippen molar-refractivity contribution in [2.45, 2.75) is 108 Å². The maximum absolute atomic E-state index is 13.3. The molecule has 20 heteroatoms. The highest BCUT2D eigenvalue weighted by atomic mass is 19.4. The molecule has 0 saturated heterocycles. The number of nitrogens with zero attached hydrogens (tertiary/aromatic N) is 2. The van der Waals surface area contributed by atoms with Gasteiger partial charge in [0.15, 0.2) is 6.10 Å². The minimum absolute atomic E-state index is 0.0307. The molecule has 1 aliphatic carbocycles. The monoisotopic (exact) mass is 791 g/mol. The minimum Gasteiger partial charge on any atom is -0.489 e. The number of unbranched alkanes of at least 4 members (excludes halogenated alkanes) is 1. The van der Waals surface area contributed by atoms with E-state index >= 15 is 0 Å². The van der Waals surface area contributed by atoms with Gasteiger partial charge in [0.2, 0.25) is 5.91 Å². The van der Waals surface area contributed by atoms with Crippen LogP contribution in [0, 0.1) is 32.1 Å². The van der Waals surface area contributed by atoms with Crippen molar-refractivity contribution in [3.05, 3.63) is 74.4 Å². The number of allylic oxidation sites excluding steroid dienone is 2. The molecule has 17 nitrogen and oxygen atoms in total. The summed E-state index contributed by atoms with van der Waals surface area (Å²) in [6.45, 7) is 2.20. The molecule has 0 spiro atoms. The smallest absolute Gasteiger partial charge is 0.416 e.